The zero-order valence-electron chi connectivity index (χ0n) is 11.3. The zero-order chi connectivity index (χ0) is 12.5. The molecule has 0 aromatic carbocycles. The maximum Gasteiger partial charge on any atom is 0.237 e. The van der Waals surface area contributed by atoms with Gasteiger partial charge in [-0.2, -0.15) is 0 Å². The molecule has 2 N–H and O–H groups in total. The van der Waals surface area contributed by atoms with Crippen molar-refractivity contribution in [2.24, 2.45) is 0 Å². The number of carbonyl (C=O) groups is 1. The Kier molecular flexibility index (Phi) is 3.73. The zero-order valence-corrected chi connectivity index (χ0v) is 11.3. The van der Waals surface area contributed by atoms with Gasteiger partial charge < -0.3 is 15.5 Å². The summed E-state index contributed by atoms with van der Waals surface area (Å²) in [6.45, 7) is 2.87. The molecule has 4 heteroatoms. The molecule has 1 amide bonds. The van der Waals surface area contributed by atoms with Crippen LogP contribution in [0, 0.1) is 0 Å². The van der Waals surface area contributed by atoms with E-state index >= 15 is 0 Å². The summed E-state index contributed by atoms with van der Waals surface area (Å²) in [5.41, 5.74) is 0.286. The minimum Gasteiger partial charge on any atom is -0.352 e. The van der Waals surface area contributed by atoms with E-state index in [2.05, 4.69) is 29.6 Å². The first-order chi connectivity index (χ1) is 8.03. The third-order valence-electron chi connectivity index (χ3n) is 4.29. The van der Waals surface area contributed by atoms with Gasteiger partial charge in [-0.3, -0.25) is 4.79 Å². The number of hydrogen-bond donors (Lipinski definition) is 2. The maximum absolute atomic E-state index is 11.8. The largest absolute Gasteiger partial charge is 0.352 e. The quantitative estimate of drug-likeness (QED) is 0.718. The molecule has 2 saturated carbocycles. The van der Waals surface area contributed by atoms with Crippen LogP contribution in [0.1, 0.15) is 39.0 Å². The topological polar surface area (TPSA) is 44.4 Å². The van der Waals surface area contributed by atoms with Crippen molar-refractivity contribution in [3.05, 3.63) is 0 Å². The first-order valence-electron chi connectivity index (χ1n) is 6.75. The number of likely N-dealkylation sites (N-methyl/N-ethyl adjacent to an activating group) is 1. The summed E-state index contributed by atoms with van der Waals surface area (Å²) in [5, 5.41) is 6.43. The Balaban J connectivity index is 1.74. The number of nitrogens with one attached hydrogen (secondary N) is 2. The van der Waals surface area contributed by atoms with Crippen molar-refractivity contribution in [3.63, 3.8) is 0 Å². The van der Waals surface area contributed by atoms with Crippen molar-refractivity contribution in [1.29, 1.82) is 0 Å². The summed E-state index contributed by atoms with van der Waals surface area (Å²) in [6.07, 6.45) is 6.09. The van der Waals surface area contributed by atoms with Crippen molar-refractivity contribution in [2.75, 3.05) is 20.6 Å². The molecule has 4 nitrogen and oxygen atoms in total. The third-order valence-corrected chi connectivity index (χ3v) is 4.29. The molecule has 0 radical (unpaired) electrons. The van der Waals surface area contributed by atoms with Gasteiger partial charge in [0.05, 0.1) is 6.04 Å². The standard InChI is InChI=1S/C13H25N3O/c1-10(12(17)15-11-5-6-11)14-9-13(16(2)3)7-4-8-13/h10-11,14H,4-9H2,1-3H3,(H,15,17). The summed E-state index contributed by atoms with van der Waals surface area (Å²) >= 11 is 0. The van der Waals surface area contributed by atoms with Crippen LogP contribution in [-0.2, 0) is 4.79 Å². The molecule has 1 unspecified atom stereocenters. The second-order valence-corrected chi connectivity index (χ2v) is 5.86. The fraction of sp³-hybridized carbons (Fsp3) is 0.923. The molecule has 2 fully saturated rings. The summed E-state index contributed by atoms with van der Waals surface area (Å²) in [7, 11) is 4.27. The molecule has 2 aliphatic rings. The van der Waals surface area contributed by atoms with Crippen LogP contribution in [-0.4, -0.2) is 49.1 Å². The fourth-order valence-corrected chi connectivity index (χ4v) is 2.36. The first kappa shape index (κ1) is 12.8. The van der Waals surface area contributed by atoms with Crippen LogP contribution in [0.25, 0.3) is 0 Å². The number of amides is 1. The summed E-state index contributed by atoms with van der Waals surface area (Å²) in [6, 6.07) is 0.381. The monoisotopic (exact) mass is 239 g/mol. The normalized spacial score (nSPS) is 24.2. The van der Waals surface area contributed by atoms with Crippen LogP contribution >= 0.6 is 0 Å². The Bertz CT molecular complexity index is 282. The van der Waals surface area contributed by atoms with Crippen molar-refractivity contribution >= 4 is 5.91 Å². The number of rotatable bonds is 6. The Morgan fingerprint density at radius 1 is 1.41 bits per heavy atom. The molecule has 1 atom stereocenters. The van der Waals surface area contributed by atoms with E-state index in [4.69, 9.17) is 0 Å². The van der Waals surface area contributed by atoms with Crippen LogP contribution in [0.4, 0.5) is 0 Å². The molecular formula is C13H25N3O. The van der Waals surface area contributed by atoms with Crippen molar-refractivity contribution < 1.29 is 4.79 Å². The van der Waals surface area contributed by atoms with Crippen molar-refractivity contribution in [3.8, 4) is 0 Å². The Labute approximate surface area is 104 Å². The van der Waals surface area contributed by atoms with Gasteiger partial charge >= 0.3 is 0 Å². The van der Waals surface area contributed by atoms with E-state index in [1.54, 1.807) is 0 Å². The SMILES string of the molecule is CC(NCC1(N(C)C)CCC1)C(=O)NC1CC1. The van der Waals surface area contributed by atoms with Gasteiger partial charge in [-0.05, 0) is 53.1 Å². The van der Waals surface area contributed by atoms with Crippen molar-refractivity contribution in [2.45, 2.75) is 56.7 Å². The lowest BCUT2D eigenvalue weighted by atomic mass is 9.75. The first-order valence-corrected chi connectivity index (χ1v) is 6.75. The van der Waals surface area contributed by atoms with Crippen LogP contribution in [0.5, 0.6) is 0 Å². The van der Waals surface area contributed by atoms with Gasteiger partial charge in [-0.1, -0.05) is 0 Å². The van der Waals surface area contributed by atoms with Crippen LogP contribution in [0.15, 0.2) is 0 Å². The number of nitrogens with zero attached hydrogens (tertiary/aromatic N) is 1. The van der Waals surface area contributed by atoms with E-state index in [0.717, 1.165) is 19.4 Å². The second-order valence-electron chi connectivity index (χ2n) is 5.86. The summed E-state index contributed by atoms with van der Waals surface area (Å²) in [5.74, 6) is 0.153. The van der Waals surface area contributed by atoms with Crippen LogP contribution in [0.3, 0.4) is 0 Å². The van der Waals surface area contributed by atoms with Gasteiger partial charge in [0.15, 0.2) is 0 Å². The molecule has 0 bridgehead atoms. The number of hydrogen-bond acceptors (Lipinski definition) is 3. The molecule has 0 spiro atoms. The van der Waals surface area contributed by atoms with E-state index in [1.165, 1.54) is 19.3 Å². The number of carbonyl (C=O) groups excluding carboxylic acids is 1. The molecule has 98 valence electrons. The van der Waals surface area contributed by atoms with Gasteiger partial charge in [0.2, 0.25) is 5.91 Å². The minimum absolute atomic E-state index is 0.0759. The van der Waals surface area contributed by atoms with Crippen LogP contribution in [0.2, 0.25) is 0 Å². The molecule has 0 aromatic rings. The molecule has 0 saturated heterocycles. The average molecular weight is 239 g/mol. The molecule has 0 aromatic heterocycles. The Hall–Kier alpha value is -0.610. The highest BCUT2D eigenvalue weighted by atomic mass is 16.2. The lowest BCUT2D eigenvalue weighted by molar-refractivity contribution is -0.123. The highest BCUT2D eigenvalue weighted by Crippen LogP contribution is 2.35. The predicted octanol–water partition coefficient (Wildman–Crippen LogP) is 0.727. The van der Waals surface area contributed by atoms with Gasteiger partial charge in [0.25, 0.3) is 0 Å². The van der Waals surface area contributed by atoms with Crippen molar-refractivity contribution in [1.82, 2.24) is 15.5 Å². The molecule has 2 rings (SSSR count). The summed E-state index contributed by atoms with van der Waals surface area (Å²) in [4.78, 5) is 14.1. The van der Waals surface area contributed by atoms with Gasteiger partial charge in [-0.25, -0.2) is 0 Å². The Morgan fingerprint density at radius 3 is 2.47 bits per heavy atom. The molecule has 2 aliphatic carbocycles. The molecule has 17 heavy (non-hydrogen) atoms. The maximum atomic E-state index is 11.8. The van der Waals surface area contributed by atoms with E-state index in [-0.39, 0.29) is 17.5 Å². The third kappa shape index (κ3) is 2.99. The lowest BCUT2D eigenvalue weighted by Crippen LogP contribution is -2.59. The molecule has 0 aliphatic heterocycles. The van der Waals surface area contributed by atoms with E-state index in [9.17, 15) is 4.79 Å². The van der Waals surface area contributed by atoms with Gasteiger partial charge in [0, 0.05) is 18.1 Å². The summed E-state index contributed by atoms with van der Waals surface area (Å²) < 4.78 is 0. The molecular weight excluding hydrogens is 214 g/mol. The molecule has 0 heterocycles. The predicted molar refractivity (Wildman–Crippen MR) is 68.9 cm³/mol. The lowest BCUT2D eigenvalue weighted by Gasteiger charge is -2.48. The Morgan fingerprint density at radius 2 is 2.06 bits per heavy atom. The highest BCUT2D eigenvalue weighted by molar-refractivity contribution is 5.81. The van der Waals surface area contributed by atoms with Gasteiger partial charge in [-0.15, -0.1) is 0 Å². The van der Waals surface area contributed by atoms with E-state index < -0.39 is 0 Å². The van der Waals surface area contributed by atoms with E-state index in [0.29, 0.717) is 6.04 Å². The smallest absolute Gasteiger partial charge is 0.237 e. The highest BCUT2D eigenvalue weighted by Gasteiger charge is 2.39. The van der Waals surface area contributed by atoms with Gasteiger partial charge in [0.1, 0.15) is 0 Å². The van der Waals surface area contributed by atoms with E-state index in [1.807, 2.05) is 6.92 Å². The fourth-order valence-electron chi connectivity index (χ4n) is 2.36. The van der Waals surface area contributed by atoms with Crippen LogP contribution < -0.4 is 10.6 Å². The minimum atomic E-state index is -0.0759. The second kappa shape index (κ2) is 4.94. The average Bonchev–Trinajstić information content (AvgIpc) is 2.98.